The largest absolute Gasteiger partial charge is 0.493 e. The molecule has 0 bridgehead atoms. The molecule has 0 saturated heterocycles. The molecule has 9 heteroatoms. The molecule has 0 fully saturated rings. The number of hydrogen-bond acceptors (Lipinski definition) is 8. The topological polar surface area (TPSA) is 85.8 Å². The van der Waals surface area contributed by atoms with Gasteiger partial charge in [-0.2, -0.15) is 0 Å². The van der Waals surface area contributed by atoms with Gasteiger partial charge in [0.25, 0.3) is 5.91 Å². The molecule has 0 radical (unpaired) electrons. The second-order valence-electron chi connectivity index (χ2n) is 7.20. The fourth-order valence-electron chi connectivity index (χ4n) is 3.64. The van der Waals surface area contributed by atoms with Gasteiger partial charge in [-0.05, 0) is 24.6 Å². The second-order valence-corrected chi connectivity index (χ2v) is 8.20. The highest BCUT2D eigenvalue weighted by Crippen LogP contribution is 2.41. The van der Waals surface area contributed by atoms with Gasteiger partial charge in [-0.25, -0.2) is 9.97 Å². The van der Waals surface area contributed by atoms with Crippen molar-refractivity contribution in [3.63, 3.8) is 0 Å². The molecule has 170 valence electrons. The third kappa shape index (κ3) is 4.14. The van der Waals surface area contributed by atoms with Crippen molar-refractivity contribution < 1.29 is 19.0 Å². The lowest BCUT2D eigenvalue weighted by atomic mass is 10.1. The maximum atomic E-state index is 13.2. The third-order valence-corrected chi connectivity index (χ3v) is 6.50. The van der Waals surface area contributed by atoms with Crippen LogP contribution in [-0.4, -0.2) is 44.3 Å². The van der Waals surface area contributed by atoms with Crippen molar-refractivity contribution in [2.24, 2.45) is 0 Å². The fraction of sp³-hybridized carbons (Fsp3) is 0.208. The molecule has 4 rings (SSSR count). The number of rotatable bonds is 7. The van der Waals surface area contributed by atoms with E-state index in [4.69, 9.17) is 14.2 Å². The normalized spacial score (nSPS) is 10.7. The average molecular weight is 465 g/mol. The molecule has 0 unspecified atom stereocenters. The number of benzene rings is 2. The Kier molecular flexibility index (Phi) is 6.32. The number of nitrogens with one attached hydrogen (secondary N) is 1. The van der Waals surface area contributed by atoms with Gasteiger partial charge < -0.3 is 24.4 Å². The smallest absolute Gasteiger partial charge is 0.266 e. The van der Waals surface area contributed by atoms with Gasteiger partial charge in [-0.1, -0.05) is 18.2 Å². The summed E-state index contributed by atoms with van der Waals surface area (Å²) in [6, 6.07) is 13.3. The summed E-state index contributed by atoms with van der Waals surface area (Å²) in [6.45, 7) is 1.91. The van der Waals surface area contributed by atoms with E-state index < -0.39 is 0 Å². The Morgan fingerprint density at radius 1 is 1.00 bits per heavy atom. The van der Waals surface area contributed by atoms with Crippen LogP contribution in [0.15, 0.2) is 48.8 Å². The molecule has 4 aromatic rings. The number of aryl methyl sites for hydroxylation is 1. The number of carbonyl (C=O) groups excluding carboxylic acids is 1. The van der Waals surface area contributed by atoms with Crippen LogP contribution in [0.25, 0.3) is 10.2 Å². The minimum Gasteiger partial charge on any atom is -0.493 e. The standard InChI is InChI=1S/C24H24N4O4S/c1-14-19-22(28(2)16-9-7-6-8-10-16)25-13-26-24(19)33-21(14)23(29)27-15-11-17(30-3)20(32-5)18(12-15)31-4/h6-13H,1-5H3,(H,27,29). The van der Waals surface area contributed by atoms with E-state index in [-0.39, 0.29) is 5.91 Å². The van der Waals surface area contributed by atoms with Gasteiger partial charge in [-0.3, -0.25) is 4.79 Å². The molecule has 1 N–H and O–H groups in total. The highest BCUT2D eigenvalue weighted by atomic mass is 32.1. The predicted octanol–water partition coefficient (Wildman–Crippen LogP) is 5.05. The Morgan fingerprint density at radius 3 is 2.27 bits per heavy atom. The molecule has 0 aliphatic heterocycles. The SMILES string of the molecule is COc1cc(NC(=O)c2sc3ncnc(N(C)c4ccccc4)c3c2C)cc(OC)c1OC. The van der Waals surface area contributed by atoms with Crippen LogP contribution in [-0.2, 0) is 0 Å². The van der Waals surface area contributed by atoms with E-state index in [0.29, 0.717) is 27.8 Å². The zero-order valence-corrected chi connectivity index (χ0v) is 19.8. The first kappa shape index (κ1) is 22.3. The lowest BCUT2D eigenvalue weighted by Gasteiger charge is -2.19. The van der Waals surface area contributed by atoms with Crippen molar-refractivity contribution in [3.8, 4) is 17.2 Å². The molecule has 0 aliphatic rings. The quantitative estimate of drug-likeness (QED) is 0.410. The Labute approximate surface area is 195 Å². The van der Waals surface area contributed by atoms with E-state index in [2.05, 4.69) is 15.3 Å². The van der Waals surface area contributed by atoms with Crippen molar-refractivity contribution in [1.82, 2.24) is 9.97 Å². The van der Waals surface area contributed by atoms with Gasteiger partial charge in [0.15, 0.2) is 11.5 Å². The van der Waals surface area contributed by atoms with E-state index >= 15 is 0 Å². The molecule has 1 amide bonds. The third-order valence-electron chi connectivity index (χ3n) is 5.30. The van der Waals surface area contributed by atoms with Crippen LogP contribution in [0.1, 0.15) is 15.2 Å². The first-order chi connectivity index (χ1) is 16.0. The number of anilines is 3. The minimum atomic E-state index is -0.252. The van der Waals surface area contributed by atoms with Crippen LogP contribution in [0, 0.1) is 6.92 Å². The monoisotopic (exact) mass is 464 g/mol. The highest BCUT2D eigenvalue weighted by molar-refractivity contribution is 7.20. The van der Waals surface area contributed by atoms with Crippen molar-refractivity contribution in [2.75, 3.05) is 38.6 Å². The van der Waals surface area contributed by atoms with Crippen molar-refractivity contribution in [2.45, 2.75) is 6.92 Å². The summed E-state index contributed by atoms with van der Waals surface area (Å²) in [6.07, 6.45) is 1.52. The molecule has 2 heterocycles. The Morgan fingerprint density at radius 2 is 1.67 bits per heavy atom. The molecule has 2 aromatic heterocycles. The van der Waals surface area contributed by atoms with Crippen LogP contribution in [0.5, 0.6) is 17.2 Å². The van der Waals surface area contributed by atoms with Crippen LogP contribution < -0.4 is 24.4 Å². The van der Waals surface area contributed by atoms with E-state index in [1.54, 1.807) is 12.1 Å². The Hall–Kier alpha value is -3.85. The summed E-state index contributed by atoms with van der Waals surface area (Å²) in [5.41, 5.74) is 2.34. The number of thiophene rings is 1. The molecule has 33 heavy (non-hydrogen) atoms. The van der Waals surface area contributed by atoms with Gasteiger partial charge in [-0.15, -0.1) is 11.3 Å². The lowest BCUT2D eigenvalue weighted by molar-refractivity contribution is 0.103. The molecule has 2 aromatic carbocycles. The van der Waals surface area contributed by atoms with E-state index in [1.165, 1.54) is 39.0 Å². The van der Waals surface area contributed by atoms with Crippen molar-refractivity contribution in [1.29, 1.82) is 0 Å². The number of nitrogens with zero attached hydrogens (tertiary/aromatic N) is 3. The maximum absolute atomic E-state index is 13.2. The molecule has 0 atom stereocenters. The zero-order chi connectivity index (χ0) is 23.5. The van der Waals surface area contributed by atoms with Crippen LogP contribution in [0.3, 0.4) is 0 Å². The maximum Gasteiger partial charge on any atom is 0.266 e. The van der Waals surface area contributed by atoms with Crippen molar-refractivity contribution in [3.05, 3.63) is 59.2 Å². The number of hydrogen-bond donors (Lipinski definition) is 1. The molecule has 0 saturated carbocycles. The summed E-state index contributed by atoms with van der Waals surface area (Å²) in [7, 11) is 6.54. The van der Waals surface area contributed by atoms with Crippen LogP contribution >= 0.6 is 11.3 Å². The van der Waals surface area contributed by atoms with Crippen LogP contribution in [0.2, 0.25) is 0 Å². The Balaban J connectivity index is 1.71. The van der Waals surface area contributed by atoms with Gasteiger partial charge in [0.1, 0.15) is 17.0 Å². The summed E-state index contributed by atoms with van der Waals surface area (Å²) < 4.78 is 16.1. The van der Waals surface area contributed by atoms with Gasteiger partial charge in [0, 0.05) is 30.6 Å². The number of para-hydroxylation sites is 1. The lowest BCUT2D eigenvalue weighted by Crippen LogP contribution is -2.13. The van der Waals surface area contributed by atoms with Crippen molar-refractivity contribution >= 4 is 44.7 Å². The summed E-state index contributed by atoms with van der Waals surface area (Å²) in [5.74, 6) is 1.86. The molecular formula is C24H24N4O4S. The summed E-state index contributed by atoms with van der Waals surface area (Å²) >= 11 is 1.33. The first-order valence-electron chi connectivity index (χ1n) is 10.1. The second kappa shape index (κ2) is 9.33. The zero-order valence-electron chi connectivity index (χ0n) is 19.0. The molecular weight excluding hydrogens is 440 g/mol. The molecule has 8 nitrogen and oxygen atoms in total. The summed E-state index contributed by atoms with van der Waals surface area (Å²) in [4.78, 5) is 25.4. The Bertz CT molecular complexity index is 1280. The predicted molar refractivity (Wildman–Crippen MR) is 131 cm³/mol. The van der Waals surface area contributed by atoms with E-state index in [1.807, 2.05) is 49.2 Å². The first-order valence-corrected chi connectivity index (χ1v) is 10.9. The summed E-state index contributed by atoms with van der Waals surface area (Å²) in [5, 5.41) is 3.79. The van der Waals surface area contributed by atoms with Gasteiger partial charge in [0.05, 0.1) is 31.6 Å². The molecule has 0 aliphatic carbocycles. The van der Waals surface area contributed by atoms with E-state index in [9.17, 15) is 4.79 Å². The van der Waals surface area contributed by atoms with Crippen LogP contribution in [0.4, 0.5) is 17.2 Å². The van der Waals surface area contributed by atoms with E-state index in [0.717, 1.165) is 27.3 Å². The number of amides is 1. The number of fused-ring (bicyclic) bond motifs is 1. The van der Waals surface area contributed by atoms with Gasteiger partial charge >= 0.3 is 0 Å². The average Bonchev–Trinajstić information content (AvgIpc) is 3.20. The highest BCUT2D eigenvalue weighted by Gasteiger charge is 2.22. The number of ether oxygens (including phenoxy) is 3. The number of aromatic nitrogens is 2. The number of methoxy groups -OCH3 is 3. The van der Waals surface area contributed by atoms with Gasteiger partial charge in [0.2, 0.25) is 5.75 Å². The number of carbonyl (C=O) groups is 1. The fourth-order valence-corrected chi connectivity index (χ4v) is 4.68. The minimum absolute atomic E-state index is 0.252. The molecule has 0 spiro atoms.